The first-order valence-electron chi connectivity index (χ1n) is 5.65. The Morgan fingerprint density at radius 3 is 3.12 bits per heavy atom. The zero-order valence-electron chi connectivity index (χ0n) is 9.23. The normalized spacial score (nSPS) is 34.1. The van der Waals surface area contributed by atoms with Crippen LogP contribution >= 0.6 is 11.6 Å². The van der Waals surface area contributed by atoms with E-state index >= 15 is 0 Å². The van der Waals surface area contributed by atoms with E-state index in [1.54, 1.807) is 11.2 Å². The summed E-state index contributed by atoms with van der Waals surface area (Å²) in [6.45, 7) is 0.0858. The fraction of sp³-hybridized carbons (Fsp3) is 0.700. The maximum absolute atomic E-state index is 11.7. The second kappa shape index (κ2) is 4.05. The molecule has 0 aromatic rings. The Hall–Kier alpha value is -0.430. The molecular formula is C10H14ClN3O2S. The number of nitrogens with zero attached hydrogens (tertiary/aromatic N) is 2. The van der Waals surface area contributed by atoms with E-state index in [0.717, 1.165) is 24.2 Å². The molecule has 0 amide bonds. The predicted octanol–water partition coefficient (Wildman–Crippen LogP) is 0.289. The highest BCUT2D eigenvalue weighted by Crippen LogP contribution is 2.37. The Bertz CT molecular complexity index is 433. The van der Waals surface area contributed by atoms with Gasteiger partial charge >= 0.3 is 0 Å². The highest BCUT2D eigenvalue weighted by Gasteiger charge is 2.47. The Morgan fingerprint density at radius 1 is 1.71 bits per heavy atom. The first-order valence-corrected chi connectivity index (χ1v) is 7.35. The summed E-state index contributed by atoms with van der Waals surface area (Å²) in [5.74, 6) is 0.653. The molecule has 2 fully saturated rings. The van der Waals surface area contributed by atoms with Gasteiger partial charge in [-0.25, -0.2) is 10.4 Å². The van der Waals surface area contributed by atoms with Crippen LogP contribution in [0, 0.1) is 0 Å². The number of aliphatic hydroxyl groups excluding tert-OH is 1. The molecule has 94 valence electrons. The monoisotopic (exact) mass is 275 g/mol. The lowest BCUT2D eigenvalue weighted by Gasteiger charge is -2.34. The zero-order valence-corrected chi connectivity index (χ0v) is 10.8. The Morgan fingerprint density at radius 2 is 2.47 bits per heavy atom. The van der Waals surface area contributed by atoms with Crippen LogP contribution in [-0.2, 0) is 10.8 Å². The summed E-state index contributed by atoms with van der Waals surface area (Å²) in [7, 11) is -0.934. The molecule has 0 aromatic heterocycles. The Labute approximate surface area is 107 Å². The quantitative estimate of drug-likeness (QED) is 0.727. The van der Waals surface area contributed by atoms with Gasteiger partial charge in [0.05, 0.1) is 33.9 Å². The van der Waals surface area contributed by atoms with Gasteiger partial charge < -0.3 is 5.11 Å². The van der Waals surface area contributed by atoms with Gasteiger partial charge in [0.1, 0.15) is 0 Å². The molecule has 2 atom stereocenters. The van der Waals surface area contributed by atoms with Crippen LogP contribution in [0.5, 0.6) is 0 Å². The maximum Gasteiger partial charge on any atom is 0.213 e. The van der Waals surface area contributed by atoms with Crippen LogP contribution < -0.4 is 5.43 Å². The minimum absolute atomic E-state index is 0.0184. The summed E-state index contributed by atoms with van der Waals surface area (Å²) in [6, 6.07) is 0.0184. The molecule has 17 heavy (non-hydrogen) atoms. The van der Waals surface area contributed by atoms with Gasteiger partial charge in [-0.15, -0.1) is 0 Å². The van der Waals surface area contributed by atoms with Crippen molar-refractivity contribution in [3.63, 3.8) is 0 Å². The third-order valence-corrected chi connectivity index (χ3v) is 5.28. The van der Waals surface area contributed by atoms with E-state index in [-0.39, 0.29) is 18.2 Å². The van der Waals surface area contributed by atoms with E-state index in [0.29, 0.717) is 11.0 Å². The van der Waals surface area contributed by atoms with Crippen LogP contribution in [0.2, 0.25) is 0 Å². The first kappa shape index (κ1) is 11.6. The van der Waals surface area contributed by atoms with Gasteiger partial charge in [0.2, 0.25) is 5.29 Å². The van der Waals surface area contributed by atoms with Crippen molar-refractivity contribution >= 4 is 27.7 Å². The second-order valence-electron chi connectivity index (χ2n) is 4.70. The molecule has 0 aromatic carbocycles. The number of hydrogen-bond acceptors (Lipinski definition) is 5. The summed E-state index contributed by atoms with van der Waals surface area (Å²) in [6.07, 6.45) is 4.28. The number of hydrogen-bond donors (Lipinski definition) is 2. The van der Waals surface area contributed by atoms with Crippen LogP contribution in [-0.4, -0.2) is 43.6 Å². The summed E-state index contributed by atoms with van der Waals surface area (Å²) in [4.78, 5) is 4.89. The van der Waals surface area contributed by atoms with E-state index in [1.165, 1.54) is 0 Å². The Kier molecular flexibility index (Phi) is 2.77. The largest absolute Gasteiger partial charge is 0.394 e. The van der Waals surface area contributed by atoms with Crippen molar-refractivity contribution in [3.8, 4) is 0 Å². The fourth-order valence-electron chi connectivity index (χ4n) is 2.18. The molecule has 0 radical (unpaired) electrons. The number of amidine groups is 1. The first-order chi connectivity index (χ1) is 8.15. The van der Waals surface area contributed by atoms with Crippen molar-refractivity contribution in [1.29, 1.82) is 0 Å². The van der Waals surface area contributed by atoms with E-state index in [2.05, 4.69) is 10.4 Å². The molecule has 2 heterocycles. The molecule has 1 aliphatic carbocycles. The maximum atomic E-state index is 11.7. The molecule has 1 saturated carbocycles. The zero-order chi connectivity index (χ0) is 12.0. The van der Waals surface area contributed by atoms with Gasteiger partial charge in [-0.1, -0.05) is 0 Å². The van der Waals surface area contributed by atoms with Crippen LogP contribution in [0.25, 0.3) is 0 Å². The second-order valence-corrected chi connectivity index (χ2v) is 6.61. The summed E-state index contributed by atoms with van der Waals surface area (Å²) in [5.41, 5.74) is 3.00. The molecule has 7 heteroatoms. The summed E-state index contributed by atoms with van der Waals surface area (Å²) >= 11 is 6.08. The highest BCUT2D eigenvalue weighted by molar-refractivity contribution is 7.89. The fourth-order valence-corrected chi connectivity index (χ4v) is 3.75. The van der Waals surface area contributed by atoms with E-state index in [4.69, 9.17) is 11.6 Å². The molecule has 1 saturated heterocycles. The average Bonchev–Trinajstić information content (AvgIpc) is 3.01. The smallest absolute Gasteiger partial charge is 0.213 e. The van der Waals surface area contributed by atoms with Gasteiger partial charge in [0.25, 0.3) is 0 Å². The predicted molar refractivity (Wildman–Crippen MR) is 66.8 cm³/mol. The van der Waals surface area contributed by atoms with Gasteiger partial charge in [-0.2, -0.15) is 0 Å². The van der Waals surface area contributed by atoms with Gasteiger partial charge in [-0.3, -0.25) is 9.22 Å². The molecule has 2 unspecified atom stereocenters. The molecular weight excluding hydrogens is 262 g/mol. The van der Waals surface area contributed by atoms with Crippen LogP contribution in [0.15, 0.2) is 16.1 Å². The third-order valence-electron chi connectivity index (χ3n) is 3.49. The van der Waals surface area contributed by atoms with Crippen LogP contribution in [0.4, 0.5) is 0 Å². The van der Waals surface area contributed by atoms with Gasteiger partial charge in [-0.05, 0) is 30.9 Å². The van der Waals surface area contributed by atoms with Gasteiger partial charge in [0.15, 0.2) is 0 Å². The number of fused-ring (bicyclic) bond motifs is 1. The average molecular weight is 276 g/mol. The minimum Gasteiger partial charge on any atom is -0.394 e. The van der Waals surface area contributed by atoms with Crippen LogP contribution in [0.1, 0.15) is 19.3 Å². The summed E-state index contributed by atoms with van der Waals surface area (Å²) < 4.78 is 11.7. The van der Waals surface area contributed by atoms with E-state index in [1.807, 2.05) is 0 Å². The molecule has 0 bridgehead atoms. The van der Waals surface area contributed by atoms with Crippen molar-refractivity contribution in [2.45, 2.75) is 30.8 Å². The lowest BCUT2D eigenvalue weighted by Crippen LogP contribution is -2.55. The van der Waals surface area contributed by atoms with Crippen molar-refractivity contribution < 1.29 is 9.32 Å². The lowest BCUT2D eigenvalue weighted by atomic mass is 10.2. The molecule has 2 aliphatic heterocycles. The Balaban J connectivity index is 1.83. The third kappa shape index (κ3) is 1.93. The topological polar surface area (TPSA) is 64.9 Å². The standard InChI is InChI=1S/C10H14ClN3O2S/c11-9-12-5-8-7(1-4-17(8)16)14(9)13-10(6-15)2-3-10/h5,7,13,15H,1-4,6H2. The van der Waals surface area contributed by atoms with Crippen molar-refractivity contribution in [1.82, 2.24) is 10.4 Å². The number of halogens is 1. The molecule has 2 N–H and O–H groups in total. The SMILES string of the molecule is O=S1CCC2C1=CN=C(Cl)N2NC1(CO)CC1. The molecule has 5 nitrogen and oxygen atoms in total. The van der Waals surface area contributed by atoms with Crippen molar-refractivity contribution in [2.75, 3.05) is 12.4 Å². The van der Waals surface area contributed by atoms with E-state index < -0.39 is 10.8 Å². The number of rotatable bonds is 3. The van der Waals surface area contributed by atoms with Crippen molar-refractivity contribution in [2.24, 2.45) is 4.99 Å². The number of hydrazine groups is 1. The lowest BCUT2D eigenvalue weighted by molar-refractivity contribution is 0.148. The molecule has 3 aliphatic rings. The highest BCUT2D eigenvalue weighted by atomic mass is 35.5. The number of nitrogens with one attached hydrogen (secondary N) is 1. The molecule has 0 spiro atoms. The van der Waals surface area contributed by atoms with Crippen LogP contribution in [0.3, 0.4) is 0 Å². The molecule has 3 rings (SSSR count). The number of aliphatic hydroxyl groups is 1. The van der Waals surface area contributed by atoms with Crippen molar-refractivity contribution in [3.05, 3.63) is 11.1 Å². The minimum atomic E-state index is -0.934. The van der Waals surface area contributed by atoms with Gasteiger partial charge in [0, 0.05) is 12.0 Å². The van der Waals surface area contributed by atoms with E-state index in [9.17, 15) is 9.32 Å². The number of aliphatic imine (C=N–C) groups is 1. The summed E-state index contributed by atoms with van der Waals surface area (Å²) in [5, 5.41) is 11.4.